The smallest absolute Gasteiger partial charge is 0.244 e. The van der Waals surface area contributed by atoms with Gasteiger partial charge in [-0.15, -0.1) is 0 Å². The Kier molecular flexibility index (Phi) is 5.89. The molecule has 2 heterocycles. The molecule has 0 spiro atoms. The van der Waals surface area contributed by atoms with Crippen LogP contribution in [-0.2, 0) is 4.79 Å². The Balaban J connectivity index is 1.80. The number of hydrogen-bond donors (Lipinski definition) is 0. The number of carbonyl (C=O) groups excluding carboxylic acids is 1. The van der Waals surface area contributed by atoms with Crippen molar-refractivity contribution in [1.29, 1.82) is 0 Å². The van der Waals surface area contributed by atoms with E-state index in [1.54, 1.807) is 11.3 Å². The third-order valence-corrected chi connectivity index (χ3v) is 4.96. The maximum absolute atomic E-state index is 12.9. The topological polar surface area (TPSA) is 49.1 Å². The standard InChI is InChI=1S/C21H27N3O2/c1-4-23(5-2)13-12-21(25)24-19(20-7-6-14-26-20)15-18(22-24)17-10-8-16(3)9-11-17/h6-11,14,19H,4-5,12-13,15H2,1-3H3. The molecule has 3 rings (SSSR count). The Morgan fingerprint density at radius 2 is 1.96 bits per heavy atom. The minimum atomic E-state index is -0.162. The molecule has 1 aliphatic rings. The number of hydrogen-bond acceptors (Lipinski definition) is 4. The van der Waals surface area contributed by atoms with Crippen molar-refractivity contribution >= 4 is 11.6 Å². The number of hydrazone groups is 1. The van der Waals surface area contributed by atoms with E-state index in [1.807, 2.05) is 12.1 Å². The van der Waals surface area contributed by atoms with Crippen molar-refractivity contribution < 1.29 is 9.21 Å². The number of furan rings is 1. The molecule has 5 heteroatoms. The summed E-state index contributed by atoms with van der Waals surface area (Å²) in [5.74, 6) is 0.826. The second-order valence-corrected chi connectivity index (χ2v) is 6.66. The summed E-state index contributed by atoms with van der Waals surface area (Å²) >= 11 is 0. The van der Waals surface area contributed by atoms with E-state index in [2.05, 4.69) is 55.0 Å². The zero-order valence-corrected chi connectivity index (χ0v) is 15.8. The Bertz CT molecular complexity index is 746. The molecule has 5 nitrogen and oxygen atoms in total. The summed E-state index contributed by atoms with van der Waals surface area (Å²) in [4.78, 5) is 15.1. The second kappa shape index (κ2) is 8.32. The molecular formula is C21H27N3O2. The van der Waals surface area contributed by atoms with Crippen molar-refractivity contribution in [2.24, 2.45) is 5.10 Å². The third-order valence-electron chi connectivity index (χ3n) is 4.96. The molecule has 1 aromatic heterocycles. The van der Waals surface area contributed by atoms with Gasteiger partial charge in [-0.3, -0.25) is 4.79 Å². The first-order chi connectivity index (χ1) is 12.6. The number of rotatable bonds is 7. The van der Waals surface area contributed by atoms with Gasteiger partial charge in [0.1, 0.15) is 11.8 Å². The summed E-state index contributed by atoms with van der Waals surface area (Å²) in [6.07, 6.45) is 2.79. The van der Waals surface area contributed by atoms with Crippen molar-refractivity contribution in [1.82, 2.24) is 9.91 Å². The number of benzene rings is 1. The van der Waals surface area contributed by atoms with E-state index in [0.29, 0.717) is 12.8 Å². The van der Waals surface area contributed by atoms with E-state index in [4.69, 9.17) is 4.42 Å². The zero-order chi connectivity index (χ0) is 18.5. The average molecular weight is 353 g/mol. The molecule has 0 aliphatic carbocycles. The Morgan fingerprint density at radius 1 is 1.23 bits per heavy atom. The number of nitrogens with zero attached hydrogens (tertiary/aromatic N) is 3. The fourth-order valence-corrected chi connectivity index (χ4v) is 3.27. The van der Waals surface area contributed by atoms with Gasteiger partial charge in [-0.05, 0) is 37.7 Å². The average Bonchev–Trinajstić information content (AvgIpc) is 3.32. The lowest BCUT2D eigenvalue weighted by atomic mass is 10.0. The van der Waals surface area contributed by atoms with Gasteiger partial charge in [0, 0.05) is 19.4 Å². The van der Waals surface area contributed by atoms with Crippen LogP contribution in [0.3, 0.4) is 0 Å². The molecule has 138 valence electrons. The molecule has 0 radical (unpaired) electrons. The van der Waals surface area contributed by atoms with Gasteiger partial charge in [0.25, 0.3) is 0 Å². The number of carbonyl (C=O) groups is 1. The normalized spacial score (nSPS) is 17.0. The zero-order valence-electron chi connectivity index (χ0n) is 15.8. The first kappa shape index (κ1) is 18.4. The molecular weight excluding hydrogens is 326 g/mol. The number of amides is 1. The minimum Gasteiger partial charge on any atom is -0.467 e. The first-order valence-electron chi connectivity index (χ1n) is 9.34. The predicted octanol–water partition coefficient (Wildman–Crippen LogP) is 4.00. The third kappa shape index (κ3) is 4.05. The predicted molar refractivity (Wildman–Crippen MR) is 103 cm³/mol. The van der Waals surface area contributed by atoms with E-state index in [0.717, 1.165) is 36.7 Å². The SMILES string of the molecule is CCN(CC)CCC(=O)N1N=C(c2ccc(C)cc2)CC1c1ccco1. The van der Waals surface area contributed by atoms with Crippen molar-refractivity contribution in [2.75, 3.05) is 19.6 Å². The highest BCUT2D eigenvalue weighted by molar-refractivity contribution is 6.03. The summed E-state index contributed by atoms with van der Waals surface area (Å²) in [6, 6.07) is 11.9. The van der Waals surface area contributed by atoms with E-state index in [1.165, 1.54) is 5.56 Å². The van der Waals surface area contributed by atoms with Crippen LogP contribution >= 0.6 is 0 Å². The lowest BCUT2D eigenvalue weighted by Crippen LogP contribution is -2.32. The monoisotopic (exact) mass is 353 g/mol. The molecule has 26 heavy (non-hydrogen) atoms. The molecule has 0 bridgehead atoms. The van der Waals surface area contributed by atoms with Gasteiger partial charge in [-0.2, -0.15) is 5.10 Å². The van der Waals surface area contributed by atoms with Crippen LogP contribution in [0, 0.1) is 6.92 Å². The van der Waals surface area contributed by atoms with Crippen molar-refractivity contribution in [2.45, 2.75) is 39.7 Å². The lowest BCUT2D eigenvalue weighted by molar-refractivity contribution is -0.133. The van der Waals surface area contributed by atoms with Gasteiger partial charge in [-0.25, -0.2) is 5.01 Å². The summed E-state index contributed by atoms with van der Waals surface area (Å²) < 4.78 is 5.59. The van der Waals surface area contributed by atoms with Crippen LogP contribution in [0.5, 0.6) is 0 Å². The maximum atomic E-state index is 12.9. The first-order valence-corrected chi connectivity index (χ1v) is 9.34. The molecule has 0 N–H and O–H groups in total. The number of aryl methyl sites for hydroxylation is 1. The highest BCUT2D eigenvalue weighted by Gasteiger charge is 2.34. The molecule has 1 amide bonds. The molecule has 1 aliphatic heterocycles. The van der Waals surface area contributed by atoms with Crippen LogP contribution in [0.4, 0.5) is 0 Å². The molecule has 0 fully saturated rings. The summed E-state index contributed by atoms with van der Waals surface area (Å²) in [6.45, 7) is 8.94. The summed E-state index contributed by atoms with van der Waals surface area (Å²) in [5, 5.41) is 6.30. The highest BCUT2D eigenvalue weighted by Crippen LogP contribution is 2.33. The van der Waals surface area contributed by atoms with Gasteiger partial charge in [-0.1, -0.05) is 43.7 Å². The van der Waals surface area contributed by atoms with Crippen molar-refractivity contribution in [3.05, 3.63) is 59.5 Å². The van der Waals surface area contributed by atoms with E-state index in [9.17, 15) is 4.79 Å². The van der Waals surface area contributed by atoms with Crippen molar-refractivity contribution in [3.63, 3.8) is 0 Å². The minimum absolute atomic E-state index is 0.0420. The molecule has 1 atom stereocenters. The fraction of sp³-hybridized carbons (Fsp3) is 0.429. The fourth-order valence-electron chi connectivity index (χ4n) is 3.27. The van der Waals surface area contributed by atoms with Gasteiger partial charge in [0.2, 0.25) is 5.91 Å². The Hall–Kier alpha value is -2.40. The molecule has 1 unspecified atom stereocenters. The van der Waals surface area contributed by atoms with Crippen LogP contribution in [0.15, 0.2) is 52.2 Å². The molecule has 2 aromatic rings. The maximum Gasteiger partial charge on any atom is 0.244 e. The van der Waals surface area contributed by atoms with Crippen LogP contribution in [0.1, 0.15) is 49.6 Å². The molecule has 1 aromatic carbocycles. The summed E-state index contributed by atoms with van der Waals surface area (Å²) in [7, 11) is 0. The Labute approximate surface area is 155 Å². The largest absolute Gasteiger partial charge is 0.467 e. The van der Waals surface area contributed by atoms with Gasteiger partial charge in [0.15, 0.2) is 0 Å². The molecule has 0 saturated carbocycles. The van der Waals surface area contributed by atoms with Gasteiger partial charge >= 0.3 is 0 Å². The quantitative estimate of drug-likeness (QED) is 0.756. The second-order valence-electron chi connectivity index (χ2n) is 6.66. The van der Waals surface area contributed by atoms with Gasteiger partial charge < -0.3 is 9.32 Å². The van der Waals surface area contributed by atoms with Crippen molar-refractivity contribution in [3.8, 4) is 0 Å². The van der Waals surface area contributed by atoms with Crippen LogP contribution in [-0.4, -0.2) is 41.2 Å². The highest BCUT2D eigenvalue weighted by atomic mass is 16.3. The van der Waals surface area contributed by atoms with Crippen LogP contribution in [0.25, 0.3) is 0 Å². The molecule has 0 saturated heterocycles. The van der Waals surface area contributed by atoms with E-state index >= 15 is 0 Å². The Morgan fingerprint density at radius 3 is 2.58 bits per heavy atom. The summed E-state index contributed by atoms with van der Waals surface area (Å²) in [5.41, 5.74) is 3.20. The van der Waals surface area contributed by atoms with Gasteiger partial charge in [0.05, 0.1) is 12.0 Å². The van der Waals surface area contributed by atoms with E-state index in [-0.39, 0.29) is 11.9 Å². The van der Waals surface area contributed by atoms with E-state index < -0.39 is 0 Å². The lowest BCUT2D eigenvalue weighted by Gasteiger charge is -2.22. The van der Waals surface area contributed by atoms with Crippen LogP contribution < -0.4 is 0 Å². The van der Waals surface area contributed by atoms with Crippen LogP contribution in [0.2, 0.25) is 0 Å².